The van der Waals surface area contributed by atoms with Gasteiger partial charge >= 0.3 is 6.61 Å². The average Bonchev–Trinajstić information content (AvgIpc) is 3.42. The van der Waals surface area contributed by atoms with Crippen LogP contribution in [0.2, 0.25) is 0 Å². The van der Waals surface area contributed by atoms with Gasteiger partial charge in [-0.05, 0) is 18.6 Å². The number of nitrogens with one attached hydrogen (secondary N) is 1. The van der Waals surface area contributed by atoms with Crippen molar-refractivity contribution in [2.24, 2.45) is 7.05 Å². The Hall–Kier alpha value is -3.01. The van der Waals surface area contributed by atoms with Crippen LogP contribution in [0.1, 0.15) is 16.9 Å². The Morgan fingerprint density at radius 1 is 1.38 bits per heavy atom. The minimum absolute atomic E-state index is 0.106. The lowest BCUT2D eigenvalue weighted by atomic mass is 10.2. The van der Waals surface area contributed by atoms with E-state index in [1.54, 1.807) is 34.5 Å². The Kier molecular flexibility index (Phi) is 5.43. The number of nitrogens with zero attached hydrogens (tertiary/aromatic N) is 4. The summed E-state index contributed by atoms with van der Waals surface area (Å²) in [7, 11) is 1.82. The lowest BCUT2D eigenvalue weighted by Crippen LogP contribution is -2.37. The van der Waals surface area contributed by atoms with Gasteiger partial charge in [-0.1, -0.05) is 12.1 Å². The van der Waals surface area contributed by atoms with Crippen molar-refractivity contribution in [3.8, 4) is 16.3 Å². The van der Waals surface area contributed by atoms with Gasteiger partial charge in [-0.15, -0.1) is 11.3 Å². The Morgan fingerprint density at radius 3 is 2.97 bits per heavy atom. The molecule has 152 valence electrons. The van der Waals surface area contributed by atoms with Crippen molar-refractivity contribution >= 4 is 22.9 Å². The van der Waals surface area contributed by atoms with Crippen molar-refractivity contribution < 1.29 is 18.3 Å². The van der Waals surface area contributed by atoms with Gasteiger partial charge in [-0.2, -0.15) is 13.9 Å². The van der Waals surface area contributed by atoms with E-state index < -0.39 is 6.61 Å². The summed E-state index contributed by atoms with van der Waals surface area (Å²) in [6.45, 7) is -1.74. The summed E-state index contributed by atoms with van der Waals surface area (Å²) < 4.78 is 31.6. The fraction of sp³-hybridized carbons (Fsp3) is 0.316. The molecule has 1 aliphatic rings. The summed E-state index contributed by atoms with van der Waals surface area (Å²) in [5.74, 6) is -0.115. The van der Waals surface area contributed by atoms with Gasteiger partial charge in [-0.3, -0.25) is 9.48 Å². The molecule has 1 fully saturated rings. The van der Waals surface area contributed by atoms with Gasteiger partial charge in [0, 0.05) is 43.3 Å². The number of hydrogen-bond acceptors (Lipinski definition) is 6. The number of halogens is 2. The van der Waals surface area contributed by atoms with Gasteiger partial charge in [0.15, 0.2) is 0 Å². The zero-order chi connectivity index (χ0) is 20.4. The molecule has 1 aromatic carbocycles. The van der Waals surface area contributed by atoms with Crippen LogP contribution in [0.3, 0.4) is 0 Å². The molecule has 2 aromatic heterocycles. The maximum atomic E-state index is 12.6. The van der Waals surface area contributed by atoms with Gasteiger partial charge in [-0.25, -0.2) is 4.98 Å². The largest absolute Gasteiger partial charge is 0.433 e. The monoisotopic (exact) mass is 419 g/mol. The second-order valence-corrected chi connectivity index (χ2v) is 7.55. The van der Waals surface area contributed by atoms with Crippen molar-refractivity contribution in [1.82, 2.24) is 20.1 Å². The van der Waals surface area contributed by atoms with Crippen molar-refractivity contribution in [3.63, 3.8) is 0 Å². The van der Waals surface area contributed by atoms with E-state index >= 15 is 0 Å². The number of hydrogen-bond donors (Lipinski definition) is 1. The first-order valence-electron chi connectivity index (χ1n) is 9.04. The van der Waals surface area contributed by atoms with Gasteiger partial charge in [0.2, 0.25) is 0 Å². The Morgan fingerprint density at radius 2 is 2.21 bits per heavy atom. The summed E-state index contributed by atoms with van der Waals surface area (Å²) in [5, 5.41) is 9.54. The minimum atomic E-state index is -2.88. The summed E-state index contributed by atoms with van der Waals surface area (Å²) in [6, 6.07) is 6.57. The molecule has 0 spiro atoms. The average molecular weight is 419 g/mol. The number of carbonyl (C=O) groups excluding carboxylic acids is 1. The number of carbonyl (C=O) groups is 1. The Balaban J connectivity index is 1.39. The second kappa shape index (κ2) is 8.16. The molecule has 1 aliphatic heterocycles. The van der Waals surface area contributed by atoms with Gasteiger partial charge in [0.25, 0.3) is 5.91 Å². The highest BCUT2D eigenvalue weighted by Crippen LogP contribution is 2.32. The van der Waals surface area contributed by atoms with Crippen LogP contribution in [0.15, 0.2) is 42.0 Å². The summed E-state index contributed by atoms with van der Waals surface area (Å²) in [4.78, 5) is 18.9. The molecule has 1 unspecified atom stereocenters. The zero-order valence-corrected chi connectivity index (χ0v) is 16.4. The van der Waals surface area contributed by atoms with E-state index in [0.29, 0.717) is 30.9 Å². The molecule has 1 N–H and O–H groups in total. The maximum Gasteiger partial charge on any atom is 0.387 e. The van der Waals surface area contributed by atoms with Crippen molar-refractivity contribution in [3.05, 3.63) is 47.7 Å². The lowest BCUT2D eigenvalue weighted by Gasteiger charge is -2.21. The Bertz CT molecular complexity index is 1010. The van der Waals surface area contributed by atoms with Crippen LogP contribution in [-0.2, 0) is 7.05 Å². The lowest BCUT2D eigenvalue weighted by molar-refractivity contribution is -0.0495. The number of aromatic nitrogens is 3. The summed E-state index contributed by atoms with van der Waals surface area (Å²) >= 11 is 1.38. The number of rotatable bonds is 6. The first-order valence-corrected chi connectivity index (χ1v) is 9.92. The van der Waals surface area contributed by atoms with Crippen LogP contribution in [-0.4, -0.2) is 46.4 Å². The number of aryl methyl sites for hydroxylation is 1. The fourth-order valence-corrected chi connectivity index (χ4v) is 4.09. The molecule has 1 saturated heterocycles. The maximum absolute atomic E-state index is 12.6. The van der Waals surface area contributed by atoms with Crippen molar-refractivity contribution in [2.45, 2.75) is 19.1 Å². The third kappa shape index (κ3) is 4.37. The summed E-state index contributed by atoms with van der Waals surface area (Å²) in [5.41, 5.74) is 1.81. The number of amides is 1. The van der Waals surface area contributed by atoms with E-state index in [1.807, 2.05) is 18.1 Å². The van der Waals surface area contributed by atoms with Crippen LogP contribution in [0, 0.1) is 0 Å². The molecule has 7 nitrogen and oxygen atoms in total. The molecule has 1 amide bonds. The number of ether oxygens (including phenoxy) is 1. The second-order valence-electron chi connectivity index (χ2n) is 6.69. The predicted molar refractivity (Wildman–Crippen MR) is 105 cm³/mol. The number of benzene rings is 1. The van der Waals surface area contributed by atoms with Crippen molar-refractivity contribution in [2.75, 3.05) is 18.0 Å². The smallest absolute Gasteiger partial charge is 0.387 e. The molecular formula is C19H19F2N5O2S. The van der Waals surface area contributed by atoms with Crippen LogP contribution >= 0.6 is 11.3 Å². The van der Waals surface area contributed by atoms with Gasteiger partial charge in [0.1, 0.15) is 16.5 Å². The van der Waals surface area contributed by atoms with E-state index in [9.17, 15) is 13.6 Å². The van der Waals surface area contributed by atoms with E-state index in [0.717, 1.165) is 10.6 Å². The number of anilines is 1. The van der Waals surface area contributed by atoms with E-state index in [2.05, 4.69) is 20.1 Å². The first-order chi connectivity index (χ1) is 14.0. The van der Waals surface area contributed by atoms with Gasteiger partial charge < -0.3 is 15.0 Å². The minimum Gasteiger partial charge on any atom is -0.433 e. The molecule has 4 rings (SSSR count). The molecule has 0 saturated carbocycles. The predicted octanol–water partition coefficient (Wildman–Crippen LogP) is 3.15. The highest BCUT2D eigenvalue weighted by molar-refractivity contribution is 7.13. The highest BCUT2D eigenvalue weighted by Gasteiger charge is 2.27. The molecule has 0 aliphatic carbocycles. The summed E-state index contributed by atoms with van der Waals surface area (Å²) in [6.07, 6.45) is 4.25. The third-order valence-corrected chi connectivity index (χ3v) is 5.53. The third-order valence-electron chi connectivity index (χ3n) is 4.63. The van der Waals surface area contributed by atoms with Crippen molar-refractivity contribution in [1.29, 1.82) is 0 Å². The molecule has 10 heteroatoms. The zero-order valence-electron chi connectivity index (χ0n) is 15.6. The standard InChI is InChI=1S/C19H19F2N5O2S/c1-25-9-12(8-22-25)18-24-14(11-29-18)17(27)23-13-6-7-26(10-13)15-4-2-3-5-16(15)28-19(20)21/h2-5,8-9,11,13,19H,6-7,10H2,1H3,(H,23,27). The van der Waals surface area contributed by atoms with Crippen LogP contribution in [0.25, 0.3) is 10.6 Å². The highest BCUT2D eigenvalue weighted by atomic mass is 32.1. The molecule has 29 heavy (non-hydrogen) atoms. The number of thiazole rings is 1. The normalized spacial score (nSPS) is 16.4. The van der Waals surface area contributed by atoms with E-state index in [4.69, 9.17) is 0 Å². The molecule has 0 radical (unpaired) electrons. The topological polar surface area (TPSA) is 72.3 Å². The molecule has 3 aromatic rings. The number of para-hydroxylation sites is 2. The van der Waals surface area contributed by atoms with Crippen LogP contribution in [0.5, 0.6) is 5.75 Å². The fourth-order valence-electron chi connectivity index (χ4n) is 3.31. The van der Waals surface area contributed by atoms with Crippen LogP contribution < -0.4 is 15.0 Å². The molecule has 3 heterocycles. The molecule has 0 bridgehead atoms. The molecular weight excluding hydrogens is 400 g/mol. The quantitative estimate of drug-likeness (QED) is 0.665. The van der Waals surface area contributed by atoms with E-state index in [-0.39, 0.29) is 17.7 Å². The first kappa shape index (κ1) is 19.3. The Labute approximate surface area is 169 Å². The van der Waals surface area contributed by atoms with Crippen LogP contribution in [0.4, 0.5) is 14.5 Å². The van der Waals surface area contributed by atoms with E-state index in [1.165, 1.54) is 17.4 Å². The molecule has 1 atom stereocenters. The number of alkyl halides is 2. The van der Waals surface area contributed by atoms with Gasteiger partial charge in [0.05, 0.1) is 11.9 Å². The SMILES string of the molecule is Cn1cc(-c2nc(C(=O)NC3CCN(c4ccccc4OC(F)F)C3)cs2)cn1.